The largest absolute Gasteiger partial charge is 0.376 e. The molecule has 2 N–H and O–H groups in total. The van der Waals surface area contributed by atoms with Crippen LogP contribution in [-0.4, -0.2) is 81.4 Å². The molecule has 55 heavy (non-hydrogen) atoms. The summed E-state index contributed by atoms with van der Waals surface area (Å²) < 4.78 is 46.5. The van der Waals surface area contributed by atoms with Crippen LogP contribution in [0.4, 0.5) is 24.7 Å². The third-order valence-corrected chi connectivity index (χ3v) is 10.3. The second kappa shape index (κ2) is 15.1. The summed E-state index contributed by atoms with van der Waals surface area (Å²) in [5, 5.41) is 12.7. The molecule has 3 unspecified atom stereocenters. The van der Waals surface area contributed by atoms with Gasteiger partial charge in [0.15, 0.2) is 11.7 Å². The molecule has 3 aliphatic heterocycles. The zero-order valence-electron chi connectivity index (χ0n) is 31.8. The molecule has 1 fully saturated rings. The van der Waals surface area contributed by atoms with E-state index in [9.17, 15) is 4.39 Å². The zero-order valence-corrected chi connectivity index (χ0v) is 31.8. The van der Waals surface area contributed by atoms with Crippen molar-refractivity contribution in [2.75, 3.05) is 30.5 Å². The molecule has 0 spiro atoms. The quantitative estimate of drug-likeness (QED) is 0.190. The number of hydrogen-bond acceptors (Lipinski definition) is 9. The monoisotopic (exact) mass is 749 g/mol. The number of likely N-dealkylation sites (tertiary alicyclic amines) is 1. The number of anilines is 2. The number of aryl methyl sites for hydroxylation is 1. The summed E-state index contributed by atoms with van der Waals surface area (Å²) in [6, 6.07) is 11.7. The highest BCUT2D eigenvalue weighted by molar-refractivity contribution is 6.26. The molecule has 2 aromatic carbocycles. The Morgan fingerprint density at radius 2 is 1.85 bits per heavy atom. The van der Waals surface area contributed by atoms with E-state index in [4.69, 9.17) is 15.0 Å². The number of hydrogen-bond donors (Lipinski definition) is 2. The SMILES string of the molecule is C=N/C(=C1/C=NN(c2ccc(F)cc2F)/C1=N/C(=C)NC(C)C)N1CC2CC1C(=C)N(C)CC(CC)Cn1c(C)nc3cc(F)cc(c31)-c1cccc(n1)N2. The van der Waals surface area contributed by atoms with Crippen molar-refractivity contribution in [3.05, 3.63) is 108 Å². The van der Waals surface area contributed by atoms with E-state index in [1.54, 1.807) is 6.21 Å². The highest BCUT2D eigenvalue weighted by atomic mass is 19.1. The van der Waals surface area contributed by atoms with Gasteiger partial charge in [0, 0.05) is 62.2 Å². The van der Waals surface area contributed by atoms with Gasteiger partial charge in [0.25, 0.3) is 0 Å². The van der Waals surface area contributed by atoms with Gasteiger partial charge in [-0.25, -0.2) is 38.1 Å². The average Bonchev–Trinajstić information content (AvgIpc) is 3.82. The van der Waals surface area contributed by atoms with Gasteiger partial charge in [-0.05, 0) is 76.6 Å². The van der Waals surface area contributed by atoms with Crippen molar-refractivity contribution in [2.45, 2.75) is 65.2 Å². The molecule has 0 amide bonds. The van der Waals surface area contributed by atoms with Gasteiger partial charge in [0.05, 0.1) is 34.6 Å². The third kappa shape index (κ3) is 7.32. The first-order chi connectivity index (χ1) is 26.3. The molecule has 11 nitrogen and oxygen atoms in total. The molecule has 3 aliphatic rings. The minimum atomic E-state index is -0.801. The lowest BCUT2D eigenvalue weighted by Gasteiger charge is -2.35. The molecular formula is C41H46F3N11. The average molecular weight is 750 g/mol. The minimum absolute atomic E-state index is 0.0127. The number of likely N-dealkylation sites (N-methyl/N-ethyl adjacent to an activating group) is 1. The number of pyridine rings is 1. The van der Waals surface area contributed by atoms with E-state index in [1.807, 2.05) is 46.0 Å². The molecule has 1 saturated heterocycles. The molecule has 4 aromatic rings. The van der Waals surface area contributed by atoms with E-state index < -0.39 is 11.6 Å². The third-order valence-electron chi connectivity index (χ3n) is 10.3. The standard InChI is InChI=1S/C41H46F3N11/c1-9-27-20-52(8)24(4)37-18-30(50-38-12-10-11-34(51-38)31-15-29(43)17-35-39(31)53(21-27)26(6)49-35)22-54(37)40(45-7)32-19-46-55(36-14-13-28(42)16-33(36)44)41(32)48-25(5)47-23(2)3/h10-17,19,23,27,30,37,47H,4-5,7,9,18,20-22H2,1-3,6,8H3,(H,50,51)/b40-32+,48-41+. The highest BCUT2D eigenvalue weighted by Crippen LogP contribution is 2.37. The van der Waals surface area contributed by atoms with Gasteiger partial charge in [-0.2, -0.15) is 5.10 Å². The molecule has 4 bridgehead atoms. The van der Waals surface area contributed by atoms with Crippen molar-refractivity contribution in [1.29, 1.82) is 0 Å². The van der Waals surface area contributed by atoms with Crippen molar-refractivity contribution in [3.63, 3.8) is 0 Å². The van der Waals surface area contributed by atoms with Gasteiger partial charge < -0.3 is 25.0 Å². The number of aromatic nitrogens is 3. The number of rotatable bonds is 7. The van der Waals surface area contributed by atoms with Crippen LogP contribution in [-0.2, 0) is 6.54 Å². The Labute approximate surface area is 319 Å². The number of amidine groups is 1. The summed E-state index contributed by atoms with van der Waals surface area (Å²) in [4.78, 5) is 23.4. The Morgan fingerprint density at radius 1 is 1.05 bits per heavy atom. The number of benzene rings is 2. The first kappa shape index (κ1) is 37.4. The van der Waals surface area contributed by atoms with E-state index in [0.717, 1.165) is 29.5 Å². The van der Waals surface area contributed by atoms with Gasteiger partial charge in [-0.3, -0.25) is 0 Å². The maximum Gasteiger partial charge on any atom is 0.169 e. The van der Waals surface area contributed by atoms with Crippen molar-refractivity contribution in [3.8, 4) is 11.3 Å². The van der Waals surface area contributed by atoms with Gasteiger partial charge in [0.1, 0.15) is 40.6 Å². The van der Waals surface area contributed by atoms with Gasteiger partial charge >= 0.3 is 0 Å². The van der Waals surface area contributed by atoms with Crippen LogP contribution in [0.25, 0.3) is 22.3 Å². The number of fused-ring (bicyclic) bond motifs is 5. The Balaban J connectivity index is 1.33. The predicted octanol–water partition coefficient (Wildman–Crippen LogP) is 7.45. The second-order valence-electron chi connectivity index (χ2n) is 14.6. The van der Waals surface area contributed by atoms with E-state index in [-0.39, 0.29) is 41.4 Å². The molecule has 286 valence electrons. The first-order valence-corrected chi connectivity index (χ1v) is 18.5. The number of halogens is 3. The fourth-order valence-corrected chi connectivity index (χ4v) is 7.73. The molecule has 2 aromatic heterocycles. The van der Waals surface area contributed by atoms with Gasteiger partial charge in [-0.1, -0.05) is 26.1 Å². The molecule has 3 atom stereocenters. The topological polar surface area (TPSA) is 102 Å². The molecule has 14 heteroatoms. The zero-order chi connectivity index (χ0) is 39.1. The van der Waals surface area contributed by atoms with Crippen LogP contribution in [0.5, 0.6) is 0 Å². The van der Waals surface area contributed by atoms with Crippen LogP contribution in [0.3, 0.4) is 0 Å². The summed E-state index contributed by atoms with van der Waals surface area (Å²) in [6.07, 6.45) is 3.07. The minimum Gasteiger partial charge on any atom is -0.376 e. The summed E-state index contributed by atoms with van der Waals surface area (Å²) >= 11 is 0. The van der Waals surface area contributed by atoms with Crippen LogP contribution in [0.2, 0.25) is 0 Å². The Bertz CT molecular complexity index is 2270. The number of nitrogens with one attached hydrogen (secondary N) is 2. The predicted molar refractivity (Wildman–Crippen MR) is 214 cm³/mol. The number of hydrazone groups is 1. The summed E-state index contributed by atoms with van der Waals surface area (Å²) in [7, 11) is 2.05. The van der Waals surface area contributed by atoms with Crippen molar-refractivity contribution in [1.82, 2.24) is 29.7 Å². The second-order valence-corrected chi connectivity index (χ2v) is 14.6. The molecule has 0 saturated carbocycles. The highest BCUT2D eigenvalue weighted by Gasteiger charge is 2.40. The molecule has 7 rings (SSSR count). The number of nitrogens with zero attached hydrogens (tertiary/aromatic N) is 9. The van der Waals surface area contributed by atoms with Gasteiger partial charge in [0.2, 0.25) is 0 Å². The molecule has 5 heterocycles. The van der Waals surface area contributed by atoms with E-state index in [2.05, 4.69) is 61.9 Å². The maximum atomic E-state index is 15.3. The summed E-state index contributed by atoms with van der Waals surface area (Å²) in [5.74, 6) is 0.779. The van der Waals surface area contributed by atoms with Crippen LogP contribution >= 0.6 is 0 Å². The normalized spacial score (nSPS) is 21.6. The molecular weight excluding hydrogens is 704 g/mol. The smallest absolute Gasteiger partial charge is 0.169 e. The van der Waals surface area contributed by atoms with Crippen LogP contribution in [0.1, 0.15) is 39.4 Å². The summed E-state index contributed by atoms with van der Waals surface area (Å²) in [5.41, 5.74) is 4.13. The van der Waals surface area contributed by atoms with Crippen LogP contribution in [0.15, 0.2) is 99.7 Å². The van der Waals surface area contributed by atoms with Crippen molar-refractivity contribution < 1.29 is 13.2 Å². The lowest BCUT2D eigenvalue weighted by Crippen LogP contribution is -2.39. The Kier molecular flexibility index (Phi) is 10.3. The van der Waals surface area contributed by atoms with E-state index in [1.165, 1.54) is 29.3 Å². The van der Waals surface area contributed by atoms with Crippen LogP contribution < -0.4 is 15.6 Å². The fraction of sp³-hybridized carbons (Fsp3) is 0.341. The fourth-order valence-electron chi connectivity index (χ4n) is 7.73. The van der Waals surface area contributed by atoms with Crippen molar-refractivity contribution >= 4 is 41.3 Å². The lowest BCUT2D eigenvalue weighted by atomic mass is 10.0. The molecule has 0 radical (unpaired) electrons. The maximum absolute atomic E-state index is 15.3. The first-order valence-electron chi connectivity index (χ1n) is 18.5. The number of imidazole rings is 1. The Morgan fingerprint density at radius 3 is 2.58 bits per heavy atom. The van der Waals surface area contributed by atoms with Gasteiger partial charge in [-0.15, -0.1) is 0 Å². The van der Waals surface area contributed by atoms with E-state index in [0.29, 0.717) is 65.9 Å². The van der Waals surface area contributed by atoms with Crippen LogP contribution in [0, 0.1) is 30.3 Å². The van der Waals surface area contributed by atoms with Crippen molar-refractivity contribution in [2.24, 2.45) is 21.0 Å². The number of aliphatic imine (C=N–C) groups is 2. The summed E-state index contributed by atoms with van der Waals surface area (Å²) in [6.45, 7) is 22.5. The lowest BCUT2D eigenvalue weighted by molar-refractivity contribution is 0.247. The van der Waals surface area contributed by atoms with E-state index >= 15 is 8.78 Å². The Hall–Kier alpha value is -5.92. The molecule has 0 aliphatic carbocycles.